The van der Waals surface area contributed by atoms with E-state index in [1.165, 1.54) is 7.11 Å². The van der Waals surface area contributed by atoms with Crippen molar-refractivity contribution in [1.29, 1.82) is 0 Å². The Morgan fingerprint density at radius 3 is 2.52 bits per heavy atom. The predicted molar refractivity (Wildman–Crippen MR) is 83.8 cm³/mol. The van der Waals surface area contributed by atoms with E-state index in [1.807, 2.05) is 25.1 Å². The van der Waals surface area contributed by atoms with Crippen molar-refractivity contribution in [2.75, 3.05) is 14.2 Å². The second kappa shape index (κ2) is 6.64. The Morgan fingerprint density at radius 2 is 1.90 bits per heavy atom. The van der Waals surface area contributed by atoms with Gasteiger partial charge in [0.25, 0.3) is 0 Å². The zero-order valence-corrected chi connectivity index (χ0v) is 13.0. The first-order valence-electron chi connectivity index (χ1n) is 6.56. The van der Waals surface area contributed by atoms with Gasteiger partial charge in [0.1, 0.15) is 0 Å². The van der Waals surface area contributed by atoms with Crippen LogP contribution in [0.5, 0.6) is 11.5 Å². The van der Waals surface area contributed by atoms with Gasteiger partial charge >= 0.3 is 0 Å². The molecule has 0 aliphatic carbocycles. The Kier molecular flexibility index (Phi) is 4.86. The minimum Gasteiger partial charge on any atom is -0.493 e. The third-order valence-electron chi connectivity index (χ3n) is 3.26. The maximum atomic E-state index is 12.5. The number of rotatable bonds is 5. The maximum absolute atomic E-state index is 12.5. The minimum absolute atomic E-state index is 0.0588. The Bertz CT molecular complexity index is 665. The van der Waals surface area contributed by atoms with Gasteiger partial charge in [0.05, 0.1) is 19.8 Å². The lowest BCUT2D eigenvalue weighted by Gasteiger charge is -2.12. The zero-order chi connectivity index (χ0) is 15.4. The second-order valence-corrected chi connectivity index (χ2v) is 5.14. The Hall–Kier alpha value is -2.00. The molecule has 0 fully saturated rings. The van der Waals surface area contributed by atoms with E-state index in [9.17, 15) is 4.79 Å². The van der Waals surface area contributed by atoms with Crippen LogP contribution < -0.4 is 9.47 Å². The first-order valence-corrected chi connectivity index (χ1v) is 6.93. The van der Waals surface area contributed by atoms with Crippen molar-refractivity contribution >= 4 is 17.4 Å². The van der Waals surface area contributed by atoms with Crippen LogP contribution in [0.3, 0.4) is 0 Å². The molecule has 0 atom stereocenters. The van der Waals surface area contributed by atoms with Crippen LogP contribution in [0, 0.1) is 6.92 Å². The zero-order valence-electron chi connectivity index (χ0n) is 12.3. The average molecular weight is 305 g/mol. The van der Waals surface area contributed by atoms with Crippen molar-refractivity contribution in [3.63, 3.8) is 0 Å². The fraction of sp³-hybridized carbons (Fsp3) is 0.235. The molecule has 0 N–H and O–H groups in total. The summed E-state index contributed by atoms with van der Waals surface area (Å²) < 4.78 is 10.5. The van der Waals surface area contributed by atoms with Crippen LogP contribution in [0.25, 0.3) is 0 Å². The van der Waals surface area contributed by atoms with Gasteiger partial charge in [0.15, 0.2) is 17.3 Å². The van der Waals surface area contributed by atoms with Gasteiger partial charge in [-0.25, -0.2) is 0 Å². The van der Waals surface area contributed by atoms with Crippen LogP contribution in [0.15, 0.2) is 36.4 Å². The Balaban J connectivity index is 2.32. The number of hydrogen-bond donors (Lipinski definition) is 0. The Morgan fingerprint density at radius 1 is 1.14 bits per heavy atom. The lowest BCUT2D eigenvalue weighted by molar-refractivity contribution is 0.0989. The normalized spacial score (nSPS) is 10.3. The molecule has 21 heavy (non-hydrogen) atoms. The van der Waals surface area contributed by atoms with Crippen molar-refractivity contribution in [3.05, 3.63) is 58.1 Å². The van der Waals surface area contributed by atoms with Crippen molar-refractivity contribution in [2.24, 2.45) is 0 Å². The van der Waals surface area contributed by atoms with E-state index in [-0.39, 0.29) is 12.2 Å². The van der Waals surface area contributed by atoms with Gasteiger partial charge in [-0.15, -0.1) is 0 Å². The summed E-state index contributed by atoms with van der Waals surface area (Å²) in [5.74, 6) is 0.933. The van der Waals surface area contributed by atoms with Crippen LogP contribution in [0.4, 0.5) is 0 Å². The highest BCUT2D eigenvalue weighted by atomic mass is 35.5. The van der Waals surface area contributed by atoms with Crippen molar-refractivity contribution in [3.8, 4) is 11.5 Å². The number of carbonyl (C=O) groups is 1. The number of Topliss-reactive ketones (excluding diaryl/α,β-unsaturated/α-hetero) is 1. The minimum atomic E-state index is -0.0588. The summed E-state index contributed by atoms with van der Waals surface area (Å²) in [6.07, 6.45) is 0.225. The highest BCUT2D eigenvalue weighted by Gasteiger charge is 2.17. The fourth-order valence-electron chi connectivity index (χ4n) is 2.17. The predicted octanol–water partition coefficient (Wildman–Crippen LogP) is 4.09. The first kappa shape index (κ1) is 15.4. The second-order valence-electron chi connectivity index (χ2n) is 4.74. The molecule has 4 heteroatoms. The van der Waals surface area contributed by atoms with E-state index in [1.54, 1.807) is 25.3 Å². The van der Waals surface area contributed by atoms with Crippen LogP contribution in [0.2, 0.25) is 5.02 Å². The molecule has 0 aliphatic rings. The average Bonchev–Trinajstić information content (AvgIpc) is 2.49. The number of carbonyl (C=O) groups excluding carboxylic acids is 1. The van der Waals surface area contributed by atoms with Crippen LogP contribution in [-0.4, -0.2) is 20.0 Å². The molecule has 2 aromatic rings. The van der Waals surface area contributed by atoms with E-state index in [0.717, 1.165) is 11.1 Å². The van der Waals surface area contributed by atoms with Crippen LogP contribution in [-0.2, 0) is 6.42 Å². The number of ether oxygens (including phenoxy) is 2. The monoisotopic (exact) mass is 304 g/mol. The summed E-state index contributed by atoms with van der Waals surface area (Å²) in [4.78, 5) is 12.5. The molecule has 2 aromatic carbocycles. The number of methoxy groups -OCH3 is 2. The van der Waals surface area contributed by atoms with Gasteiger partial charge in [-0.1, -0.05) is 29.8 Å². The summed E-state index contributed by atoms with van der Waals surface area (Å²) in [6.45, 7) is 1.96. The topological polar surface area (TPSA) is 35.5 Å². The van der Waals surface area contributed by atoms with Gasteiger partial charge in [0.2, 0.25) is 0 Å². The molecular formula is C17H17ClO3. The lowest BCUT2D eigenvalue weighted by atomic mass is 10.0. The van der Waals surface area contributed by atoms with Crippen molar-refractivity contribution in [2.45, 2.75) is 13.3 Å². The standard InChI is InChI=1S/C17H17ClO3/c1-11-7-8-12(14(18)9-11)10-15(19)13-5-4-6-16(20-2)17(13)21-3/h4-9H,10H2,1-3H3. The number of para-hydroxylation sites is 1. The first-order chi connectivity index (χ1) is 10.1. The molecular weight excluding hydrogens is 288 g/mol. The largest absolute Gasteiger partial charge is 0.493 e. The van der Waals surface area contributed by atoms with E-state index < -0.39 is 0 Å². The highest BCUT2D eigenvalue weighted by molar-refractivity contribution is 6.31. The quantitative estimate of drug-likeness (QED) is 0.780. The molecule has 0 aliphatic heterocycles. The number of halogens is 1. The number of ketones is 1. The SMILES string of the molecule is COc1cccc(C(=O)Cc2ccc(C)cc2Cl)c1OC. The Labute approximate surface area is 129 Å². The number of benzene rings is 2. The van der Waals surface area contributed by atoms with E-state index in [2.05, 4.69) is 0 Å². The van der Waals surface area contributed by atoms with E-state index in [0.29, 0.717) is 22.1 Å². The molecule has 0 heterocycles. The molecule has 0 amide bonds. The number of hydrogen-bond acceptors (Lipinski definition) is 3. The van der Waals surface area contributed by atoms with Gasteiger partial charge in [-0.05, 0) is 36.2 Å². The molecule has 0 saturated heterocycles. The molecule has 3 nitrogen and oxygen atoms in total. The molecule has 0 bridgehead atoms. The molecule has 110 valence electrons. The van der Waals surface area contributed by atoms with Gasteiger partial charge in [0, 0.05) is 11.4 Å². The summed E-state index contributed by atoms with van der Waals surface area (Å²) in [6, 6.07) is 10.9. The highest BCUT2D eigenvalue weighted by Crippen LogP contribution is 2.32. The maximum Gasteiger partial charge on any atom is 0.171 e. The molecule has 0 saturated carbocycles. The molecule has 0 spiro atoms. The molecule has 0 aromatic heterocycles. The summed E-state index contributed by atoms with van der Waals surface area (Å²) >= 11 is 6.19. The van der Waals surface area contributed by atoms with E-state index in [4.69, 9.17) is 21.1 Å². The number of aryl methyl sites for hydroxylation is 1. The smallest absolute Gasteiger partial charge is 0.171 e. The summed E-state index contributed by atoms with van der Waals surface area (Å²) in [5.41, 5.74) is 2.36. The van der Waals surface area contributed by atoms with Gasteiger partial charge < -0.3 is 9.47 Å². The van der Waals surface area contributed by atoms with Gasteiger partial charge in [-0.2, -0.15) is 0 Å². The molecule has 0 unspecified atom stereocenters. The van der Waals surface area contributed by atoms with Crippen molar-refractivity contribution < 1.29 is 14.3 Å². The van der Waals surface area contributed by atoms with E-state index >= 15 is 0 Å². The lowest BCUT2D eigenvalue weighted by Crippen LogP contribution is -2.07. The van der Waals surface area contributed by atoms with Crippen molar-refractivity contribution in [1.82, 2.24) is 0 Å². The van der Waals surface area contributed by atoms with Crippen LogP contribution >= 0.6 is 11.6 Å². The fourth-order valence-corrected chi connectivity index (χ4v) is 2.47. The van der Waals surface area contributed by atoms with Crippen LogP contribution in [0.1, 0.15) is 21.5 Å². The third kappa shape index (κ3) is 3.37. The molecule has 2 rings (SSSR count). The summed E-state index contributed by atoms with van der Waals surface area (Å²) in [7, 11) is 3.07. The summed E-state index contributed by atoms with van der Waals surface area (Å²) in [5, 5.41) is 0.602. The molecule has 0 radical (unpaired) electrons. The van der Waals surface area contributed by atoms with Gasteiger partial charge in [-0.3, -0.25) is 4.79 Å². The third-order valence-corrected chi connectivity index (χ3v) is 3.61.